The standard InChI is InChI=1S/C25H27F2N7O2S/c1-5-17(18-10-11-34(3)33-18)29-22(16-12-19(23(26)27)28-13-20(16)36-4)14(2)24(35)30-25-32-31-21(37-25)9-8-15-6-7-15/h5,10-13,15,19,21,23,28,31H,2,6-7H2,1,3-4H3,(H,30,32,35)/b17-5-,29-22?. The number of allylic oxidation sites excluding steroid dienone is 2. The van der Waals surface area contributed by atoms with Gasteiger partial charge in [0.15, 0.2) is 10.5 Å². The van der Waals surface area contributed by atoms with Crippen LogP contribution in [0.1, 0.15) is 25.5 Å². The Morgan fingerprint density at radius 3 is 2.84 bits per heavy atom. The van der Waals surface area contributed by atoms with Crippen molar-refractivity contribution in [3.05, 3.63) is 59.8 Å². The summed E-state index contributed by atoms with van der Waals surface area (Å²) in [5, 5.41) is 13.8. The molecule has 9 nitrogen and oxygen atoms in total. The van der Waals surface area contributed by atoms with Crippen molar-refractivity contribution in [2.24, 2.45) is 23.1 Å². The van der Waals surface area contributed by atoms with Crippen LogP contribution in [0.5, 0.6) is 0 Å². The van der Waals surface area contributed by atoms with E-state index in [1.165, 1.54) is 31.1 Å². The number of rotatable bonds is 7. The van der Waals surface area contributed by atoms with Crippen molar-refractivity contribution in [2.75, 3.05) is 7.11 Å². The summed E-state index contributed by atoms with van der Waals surface area (Å²) in [6.45, 7) is 5.71. The van der Waals surface area contributed by atoms with Crippen LogP contribution in [-0.2, 0) is 16.6 Å². The highest BCUT2D eigenvalue weighted by molar-refractivity contribution is 8.14. The summed E-state index contributed by atoms with van der Waals surface area (Å²) < 4.78 is 34.2. The zero-order valence-electron chi connectivity index (χ0n) is 20.6. The Morgan fingerprint density at radius 2 is 2.22 bits per heavy atom. The van der Waals surface area contributed by atoms with Crippen LogP contribution < -0.4 is 16.1 Å². The number of amides is 1. The minimum atomic E-state index is -2.70. The first-order chi connectivity index (χ1) is 17.8. The van der Waals surface area contributed by atoms with Crippen molar-refractivity contribution >= 4 is 34.2 Å². The molecular formula is C25H27F2N7O2S. The van der Waals surface area contributed by atoms with E-state index in [1.807, 2.05) is 0 Å². The number of thioether (sulfide) groups is 1. The maximum absolute atomic E-state index is 13.6. The third-order valence-electron chi connectivity index (χ3n) is 5.54. The van der Waals surface area contributed by atoms with Crippen molar-refractivity contribution in [1.29, 1.82) is 0 Å². The van der Waals surface area contributed by atoms with Gasteiger partial charge in [0.2, 0.25) is 0 Å². The first kappa shape index (κ1) is 26.2. The summed E-state index contributed by atoms with van der Waals surface area (Å²) in [6.07, 6.45) is 5.58. The molecule has 194 valence electrons. The van der Waals surface area contributed by atoms with Gasteiger partial charge in [-0.1, -0.05) is 24.5 Å². The highest BCUT2D eigenvalue weighted by Crippen LogP contribution is 2.28. The Balaban J connectivity index is 1.63. The second-order valence-electron chi connectivity index (χ2n) is 8.37. The Bertz CT molecular complexity index is 1300. The number of dihydropyridines is 1. The molecule has 3 N–H and O–H groups in total. The van der Waals surface area contributed by atoms with E-state index in [0.29, 0.717) is 22.5 Å². The van der Waals surface area contributed by atoms with Crippen LogP contribution in [0.3, 0.4) is 0 Å². The number of hydrazone groups is 1. The number of aliphatic imine (C=N–C) groups is 1. The molecule has 1 aliphatic carbocycles. The van der Waals surface area contributed by atoms with Gasteiger partial charge in [-0.15, -0.1) is 0 Å². The van der Waals surface area contributed by atoms with Gasteiger partial charge in [-0.2, -0.15) is 10.2 Å². The van der Waals surface area contributed by atoms with Crippen LogP contribution in [0.4, 0.5) is 8.78 Å². The lowest BCUT2D eigenvalue weighted by molar-refractivity contribution is -0.115. The number of aromatic nitrogens is 2. The van der Waals surface area contributed by atoms with E-state index in [0.717, 1.165) is 12.8 Å². The van der Waals surface area contributed by atoms with E-state index in [-0.39, 0.29) is 28.0 Å². The van der Waals surface area contributed by atoms with Crippen LogP contribution in [0.2, 0.25) is 0 Å². The Kier molecular flexibility index (Phi) is 8.13. The Labute approximate surface area is 217 Å². The molecule has 1 aromatic rings. The van der Waals surface area contributed by atoms with E-state index in [4.69, 9.17) is 4.74 Å². The smallest absolute Gasteiger partial charge is 0.261 e. The molecule has 0 aromatic carbocycles. The number of alkyl halides is 2. The summed E-state index contributed by atoms with van der Waals surface area (Å²) >= 11 is 1.27. The largest absolute Gasteiger partial charge is 0.495 e. The summed E-state index contributed by atoms with van der Waals surface area (Å²) in [5.74, 6) is 6.33. The maximum Gasteiger partial charge on any atom is 0.261 e. The van der Waals surface area contributed by atoms with Gasteiger partial charge in [-0.3, -0.25) is 20.2 Å². The number of carbonyl (C=O) groups is 1. The monoisotopic (exact) mass is 527 g/mol. The van der Waals surface area contributed by atoms with E-state index < -0.39 is 18.4 Å². The summed E-state index contributed by atoms with van der Waals surface area (Å²) in [5.41, 5.74) is 4.05. The zero-order chi connectivity index (χ0) is 26.5. The first-order valence-corrected chi connectivity index (χ1v) is 12.4. The number of halogens is 2. The summed E-state index contributed by atoms with van der Waals surface area (Å²) in [7, 11) is 3.16. The molecule has 1 saturated carbocycles. The quantitative estimate of drug-likeness (QED) is 0.286. The van der Waals surface area contributed by atoms with Gasteiger partial charge >= 0.3 is 0 Å². The lowest BCUT2D eigenvalue weighted by Crippen LogP contribution is -2.36. The molecule has 1 aromatic heterocycles. The van der Waals surface area contributed by atoms with Crippen LogP contribution in [-0.4, -0.2) is 51.5 Å². The van der Waals surface area contributed by atoms with E-state index in [2.05, 4.69) is 49.7 Å². The second kappa shape index (κ2) is 11.5. The minimum Gasteiger partial charge on any atom is -0.495 e. The van der Waals surface area contributed by atoms with Gasteiger partial charge in [-0.05, 0) is 43.7 Å². The third-order valence-corrected chi connectivity index (χ3v) is 6.41. The van der Waals surface area contributed by atoms with Crippen molar-refractivity contribution in [1.82, 2.24) is 25.8 Å². The molecule has 0 saturated heterocycles. The van der Waals surface area contributed by atoms with Crippen molar-refractivity contribution in [3.63, 3.8) is 0 Å². The molecule has 0 bridgehead atoms. The molecule has 0 radical (unpaired) electrons. The normalized spacial score (nSPS) is 21.6. The third kappa shape index (κ3) is 6.48. The lowest BCUT2D eigenvalue weighted by Gasteiger charge is -2.24. The predicted octanol–water partition coefficient (Wildman–Crippen LogP) is 2.89. The lowest BCUT2D eigenvalue weighted by atomic mass is 9.97. The zero-order valence-corrected chi connectivity index (χ0v) is 21.4. The molecule has 3 heterocycles. The number of nitrogens with zero attached hydrogens (tertiary/aromatic N) is 4. The van der Waals surface area contributed by atoms with Gasteiger partial charge in [-0.25, -0.2) is 13.8 Å². The van der Waals surface area contributed by atoms with Crippen molar-refractivity contribution < 1.29 is 18.3 Å². The number of hydrogen-bond acceptors (Lipinski definition) is 8. The maximum atomic E-state index is 13.6. The van der Waals surface area contributed by atoms with Gasteiger partial charge in [0.25, 0.3) is 12.3 Å². The molecule has 2 unspecified atom stereocenters. The van der Waals surface area contributed by atoms with Crippen molar-refractivity contribution in [2.45, 2.75) is 37.6 Å². The van der Waals surface area contributed by atoms with Gasteiger partial charge in [0.05, 0.1) is 24.1 Å². The van der Waals surface area contributed by atoms with Crippen molar-refractivity contribution in [3.8, 4) is 11.8 Å². The fraction of sp³-hybridized carbons (Fsp3) is 0.360. The highest BCUT2D eigenvalue weighted by atomic mass is 32.2. The number of nitrogens with one attached hydrogen (secondary N) is 3. The molecule has 1 fully saturated rings. The molecular weight excluding hydrogens is 500 g/mol. The molecule has 4 rings (SSSR count). The average Bonchev–Trinajstić information content (AvgIpc) is 3.46. The Morgan fingerprint density at radius 1 is 1.43 bits per heavy atom. The SMILES string of the molecule is C=C(C(=O)NC1=NNC(C#CC2CC2)S1)C(=N/C(=C\C)c1ccn(C)n1)C1=CC(C(F)F)NC=C1OC. The van der Waals surface area contributed by atoms with Crippen LogP contribution in [0.15, 0.2) is 64.2 Å². The number of carbonyl (C=O) groups excluding carboxylic acids is 1. The predicted molar refractivity (Wildman–Crippen MR) is 140 cm³/mol. The van der Waals surface area contributed by atoms with Crippen LogP contribution in [0, 0.1) is 17.8 Å². The summed E-state index contributed by atoms with van der Waals surface area (Å²) in [6, 6.07) is 0.451. The second-order valence-corrected chi connectivity index (χ2v) is 9.46. The van der Waals surface area contributed by atoms with Gasteiger partial charge < -0.3 is 10.1 Å². The molecule has 0 spiro atoms. The molecule has 2 atom stereocenters. The van der Waals surface area contributed by atoms with Crippen LogP contribution in [0.25, 0.3) is 5.70 Å². The molecule has 12 heteroatoms. The highest BCUT2D eigenvalue weighted by Gasteiger charge is 2.30. The van der Waals surface area contributed by atoms with E-state index in [9.17, 15) is 13.6 Å². The number of methoxy groups -OCH3 is 1. The first-order valence-electron chi connectivity index (χ1n) is 11.6. The number of amidine groups is 1. The fourth-order valence-electron chi connectivity index (χ4n) is 3.40. The van der Waals surface area contributed by atoms with Crippen LogP contribution >= 0.6 is 11.8 Å². The Hall–Kier alpha value is -3.85. The average molecular weight is 528 g/mol. The van der Waals surface area contributed by atoms with E-state index >= 15 is 0 Å². The summed E-state index contributed by atoms with van der Waals surface area (Å²) in [4.78, 5) is 17.9. The number of hydrogen-bond donors (Lipinski definition) is 3. The number of aryl methyl sites for hydroxylation is 1. The number of ether oxygens (including phenoxy) is 1. The van der Waals surface area contributed by atoms with Gasteiger partial charge in [0, 0.05) is 30.9 Å². The topological polar surface area (TPSA) is 105 Å². The fourth-order valence-corrected chi connectivity index (χ4v) is 4.12. The molecule has 3 aliphatic rings. The molecule has 37 heavy (non-hydrogen) atoms. The molecule has 2 aliphatic heterocycles. The van der Waals surface area contributed by atoms with Gasteiger partial charge in [0.1, 0.15) is 17.5 Å². The van der Waals surface area contributed by atoms with E-state index in [1.54, 1.807) is 37.0 Å². The minimum absolute atomic E-state index is 0.0600. The molecule has 1 amide bonds.